The molecule has 1 aromatic carbocycles. The Labute approximate surface area is 182 Å². The normalized spacial score (nSPS) is 11.3. The van der Waals surface area contributed by atoms with Crippen LogP contribution in [-0.2, 0) is 16.1 Å². The number of amides is 4. The van der Waals surface area contributed by atoms with Gasteiger partial charge >= 0.3 is 6.03 Å². The molecule has 0 heterocycles. The molecule has 9 nitrogen and oxygen atoms in total. The Morgan fingerprint density at radius 2 is 1.83 bits per heavy atom. The van der Waals surface area contributed by atoms with Crippen LogP contribution in [-0.4, -0.2) is 59.3 Å². The quantitative estimate of drug-likeness (QED) is 0.279. The van der Waals surface area contributed by atoms with Crippen LogP contribution in [0.5, 0.6) is 0 Å². The number of carbonyl (C=O) groups is 3. The molecule has 1 aromatic rings. The van der Waals surface area contributed by atoms with Gasteiger partial charge in [-0.05, 0) is 24.8 Å². The highest BCUT2D eigenvalue weighted by Gasteiger charge is 2.23. The molecule has 1 atom stereocenters. The zero-order chi connectivity index (χ0) is 22.4. The first-order valence-electron chi connectivity index (χ1n) is 9.97. The third kappa shape index (κ3) is 9.21. The fourth-order valence-corrected chi connectivity index (χ4v) is 3.06. The standard InChI is InChI=1S/C20H30ClN5O4/c1-3-12-25(20(29)26(24-30)14-11-21)13-7-10-18(23-16(2)27)19(28)22-15-17-8-5-4-6-9-17/h4-6,8-9,18H,3,7,10-15H2,1-2H3,(H,22,28)(H,23,27)/t18-/m0/s1. The monoisotopic (exact) mass is 439 g/mol. The van der Waals surface area contributed by atoms with Crippen LogP contribution in [0.3, 0.4) is 0 Å². The molecule has 0 aliphatic rings. The molecule has 0 aromatic heterocycles. The van der Waals surface area contributed by atoms with Crippen LogP contribution in [0.2, 0.25) is 0 Å². The summed E-state index contributed by atoms with van der Waals surface area (Å²) >= 11 is 5.61. The van der Waals surface area contributed by atoms with Gasteiger partial charge in [-0.2, -0.15) is 5.01 Å². The molecule has 0 aliphatic carbocycles. The molecule has 0 unspecified atom stereocenters. The Balaban J connectivity index is 2.65. The molecule has 166 valence electrons. The molecular weight excluding hydrogens is 410 g/mol. The molecular formula is C20H30ClN5O4. The average molecular weight is 440 g/mol. The highest BCUT2D eigenvalue weighted by Crippen LogP contribution is 2.07. The molecule has 1 rings (SSSR count). The molecule has 0 bridgehead atoms. The summed E-state index contributed by atoms with van der Waals surface area (Å²) in [5, 5.41) is 9.00. The van der Waals surface area contributed by atoms with E-state index in [1.807, 2.05) is 37.3 Å². The Bertz CT molecular complexity index is 689. The highest BCUT2D eigenvalue weighted by atomic mass is 35.5. The van der Waals surface area contributed by atoms with Gasteiger partial charge in [0.2, 0.25) is 11.8 Å². The second-order valence-corrected chi connectivity index (χ2v) is 7.14. The minimum atomic E-state index is -0.715. The molecule has 0 radical (unpaired) electrons. The van der Waals surface area contributed by atoms with Crippen molar-refractivity contribution >= 4 is 29.4 Å². The second kappa shape index (κ2) is 14.3. The van der Waals surface area contributed by atoms with Crippen LogP contribution >= 0.6 is 11.6 Å². The van der Waals surface area contributed by atoms with Crippen molar-refractivity contribution in [2.75, 3.05) is 25.5 Å². The average Bonchev–Trinajstić information content (AvgIpc) is 2.74. The second-order valence-electron chi connectivity index (χ2n) is 6.76. The maximum absolute atomic E-state index is 12.5. The van der Waals surface area contributed by atoms with Gasteiger partial charge in [-0.25, -0.2) is 4.79 Å². The Morgan fingerprint density at radius 3 is 2.40 bits per heavy atom. The first-order chi connectivity index (χ1) is 14.4. The maximum atomic E-state index is 12.5. The van der Waals surface area contributed by atoms with E-state index < -0.39 is 12.1 Å². The minimum Gasteiger partial charge on any atom is -0.350 e. The molecule has 0 saturated heterocycles. The smallest absolute Gasteiger partial charge is 0.343 e. The van der Waals surface area contributed by atoms with E-state index in [4.69, 9.17) is 11.6 Å². The summed E-state index contributed by atoms with van der Waals surface area (Å²) in [6, 6.07) is 8.22. The van der Waals surface area contributed by atoms with Crippen molar-refractivity contribution in [3.63, 3.8) is 0 Å². The van der Waals surface area contributed by atoms with Gasteiger partial charge in [-0.3, -0.25) is 9.59 Å². The number of halogens is 1. The summed E-state index contributed by atoms with van der Waals surface area (Å²) < 4.78 is 0. The van der Waals surface area contributed by atoms with Crippen molar-refractivity contribution < 1.29 is 14.4 Å². The number of hydrogen-bond donors (Lipinski definition) is 2. The number of hydrogen-bond acceptors (Lipinski definition) is 5. The van der Waals surface area contributed by atoms with Gasteiger partial charge in [0.25, 0.3) is 0 Å². The highest BCUT2D eigenvalue weighted by molar-refractivity contribution is 6.18. The lowest BCUT2D eigenvalue weighted by molar-refractivity contribution is -0.128. The zero-order valence-corrected chi connectivity index (χ0v) is 18.2. The molecule has 10 heteroatoms. The number of rotatable bonds is 13. The van der Waals surface area contributed by atoms with Crippen LogP contribution in [0.4, 0.5) is 4.79 Å². The van der Waals surface area contributed by atoms with Gasteiger partial charge in [-0.15, -0.1) is 16.5 Å². The Hall–Kier alpha value is -2.68. The summed E-state index contributed by atoms with van der Waals surface area (Å²) in [6.45, 7) is 4.41. The van der Waals surface area contributed by atoms with E-state index in [-0.39, 0.29) is 24.2 Å². The SMILES string of the molecule is CCCN(CCC[C@H](NC(C)=O)C(=O)NCc1ccccc1)C(=O)N(CCCl)N=O. The third-order valence-corrected chi connectivity index (χ3v) is 4.47. The van der Waals surface area contributed by atoms with Gasteiger partial charge < -0.3 is 15.5 Å². The lowest BCUT2D eigenvalue weighted by atomic mass is 10.1. The number of nitrogens with one attached hydrogen (secondary N) is 2. The van der Waals surface area contributed by atoms with Crippen LogP contribution in [0.15, 0.2) is 35.6 Å². The van der Waals surface area contributed by atoms with Gasteiger partial charge in [0.05, 0.1) is 11.8 Å². The molecule has 4 amide bonds. The van der Waals surface area contributed by atoms with Crippen LogP contribution in [0, 0.1) is 4.91 Å². The van der Waals surface area contributed by atoms with E-state index in [1.54, 1.807) is 0 Å². The summed E-state index contributed by atoms with van der Waals surface area (Å²) in [5.41, 5.74) is 0.952. The van der Waals surface area contributed by atoms with Gasteiger partial charge in [0.15, 0.2) is 0 Å². The summed E-state index contributed by atoms with van der Waals surface area (Å²) in [4.78, 5) is 48.9. The van der Waals surface area contributed by atoms with Crippen molar-refractivity contribution in [3.05, 3.63) is 40.8 Å². The van der Waals surface area contributed by atoms with Crippen molar-refractivity contribution in [1.29, 1.82) is 0 Å². The number of carbonyl (C=O) groups excluding carboxylic acids is 3. The number of alkyl halides is 1. The molecule has 0 aliphatic heterocycles. The largest absolute Gasteiger partial charge is 0.350 e. The van der Waals surface area contributed by atoms with E-state index in [9.17, 15) is 19.3 Å². The van der Waals surface area contributed by atoms with Crippen LogP contribution in [0.25, 0.3) is 0 Å². The zero-order valence-electron chi connectivity index (χ0n) is 17.5. The van der Waals surface area contributed by atoms with E-state index in [1.165, 1.54) is 11.8 Å². The fourth-order valence-electron chi connectivity index (χ4n) is 2.90. The van der Waals surface area contributed by atoms with Crippen molar-refractivity contribution in [1.82, 2.24) is 20.5 Å². The minimum absolute atomic E-state index is 0.0283. The van der Waals surface area contributed by atoms with E-state index in [0.717, 1.165) is 10.6 Å². The molecule has 0 saturated carbocycles. The van der Waals surface area contributed by atoms with Crippen molar-refractivity contribution in [2.24, 2.45) is 5.29 Å². The number of nitroso groups, excluding NO2 is 1. The molecule has 0 fully saturated rings. The first kappa shape index (κ1) is 25.4. The summed E-state index contributed by atoms with van der Waals surface area (Å²) in [6.07, 6.45) is 1.51. The van der Waals surface area contributed by atoms with Gasteiger partial charge in [0.1, 0.15) is 6.04 Å². The van der Waals surface area contributed by atoms with Crippen molar-refractivity contribution in [3.8, 4) is 0 Å². The maximum Gasteiger partial charge on any atom is 0.343 e. The first-order valence-corrected chi connectivity index (χ1v) is 10.5. The van der Waals surface area contributed by atoms with Crippen molar-refractivity contribution in [2.45, 2.75) is 45.7 Å². The van der Waals surface area contributed by atoms with Crippen LogP contribution in [0.1, 0.15) is 38.7 Å². The van der Waals surface area contributed by atoms with E-state index in [2.05, 4.69) is 15.9 Å². The van der Waals surface area contributed by atoms with Gasteiger partial charge in [0, 0.05) is 32.4 Å². The number of nitrogens with zero attached hydrogens (tertiary/aromatic N) is 3. The third-order valence-electron chi connectivity index (χ3n) is 4.30. The Morgan fingerprint density at radius 1 is 1.13 bits per heavy atom. The molecule has 2 N–H and O–H groups in total. The summed E-state index contributed by atoms with van der Waals surface area (Å²) in [7, 11) is 0. The van der Waals surface area contributed by atoms with E-state index >= 15 is 0 Å². The number of benzene rings is 1. The topological polar surface area (TPSA) is 111 Å². The predicted octanol–water partition coefficient (Wildman–Crippen LogP) is 2.64. The Kier molecular flexibility index (Phi) is 12.1. The molecule has 30 heavy (non-hydrogen) atoms. The predicted molar refractivity (Wildman–Crippen MR) is 116 cm³/mol. The van der Waals surface area contributed by atoms with E-state index in [0.29, 0.717) is 38.9 Å². The number of urea groups is 1. The fraction of sp³-hybridized carbons (Fsp3) is 0.550. The van der Waals surface area contributed by atoms with Gasteiger partial charge in [-0.1, -0.05) is 37.3 Å². The lowest BCUT2D eigenvalue weighted by Gasteiger charge is -2.26. The molecule has 0 spiro atoms. The lowest BCUT2D eigenvalue weighted by Crippen LogP contribution is -2.47. The summed E-state index contributed by atoms with van der Waals surface area (Å²) in [5.74, 6) is -0.501. The van der Waals surface area contributed by atoms with Crippen LogP contribution < -0.4 is 10.6 Å².